The molecule has 2 aromatic carbocycles. The summed E-state index contributed by atoms with van der Waals surface area (Å²) < 4.78 is 0. The number of para-hydroxylation sites is 2. The Hall–Kier alpha value is -1.75. The summed E-state index contributed by atoms with van der Waals surface area (Å²) in [7, 11) is 0. The monoisotopic (exact) mass is 256 g/mol. The second kappa shape index (κ2) is 8.42. The van der Waals surface area contributed by atoms with Crippen molar-refractivity contribution in [2.75, 3.05) is 0 Å². The van der Waals surface area contributed by atoms with Gasteiger partial charge in [0.15, 0.2) is 0 Å². The van der Waals surface area contributed by atoms with Crippen LogP contribution < -0.4 is 18.9 Å². The van der Waals surface area contributed by atoms with Crippen LogP contribution in [0.3, 0.4) is 0 Å². The summed E-state index contributed by atoms with van der Waals surface area (Å²) in [6.07, 6.45) is 1.99. The predicted molar refractivity (Wildman–Crippen MR) is 82.7 cm³/mol. The van der Waals surface area contributed by atoms with Gasteiger partial charge in [0.25, 0.3) is 0 Å². The minimum absolute atomic E-state index is 0. The molecule has 3 heteroatoms. The molecule has 2 aromatic rings. The molecule has 2 nitrogen and oxygen atoms in total. The average Bonchev–Trinajstić information content (AvgIpc) is 2.40. The van der Waals surface area contributed by atoms with Crippen molar-refractivity contribution < 1.29 is 18.9 Å². The van der Waals surface area contributed by atoms with E-state index in [1.165, 1.54) is 0 Å². The number of nitrogens with zero attached hydrogens (tertiary/aromatic N) is 2. The van der Waals surface area contributed by atoms with E-state index >= 15 is 0 Å². The third-order valence-electron chi connectivity index (χ3n) is 2.54. The van der Waals surface area contributed by atoms with E-state index in [-0.39, 0.29) is 18.9 Å². The van der Waals surface area contributed by atoms with E-state index in [2.05, 4.69) is 9.98 Å². The summed E-state index contributed by atoms with van der Waals surface area (Å²) in [6, 6.07) is 19.9. The standard InChI is InChI=1S/C17H17N2.Li/c1-14(18-16-9-5-3-6-10-16)13-15(2)19-17-11-7-4-8-12-17;/h3-13H,1-2H3;/q-1;+1. The molecule has 0 aliphatic heterocycles. The topological polar surface area (TPSA) is 24.7 Å². The van der Waals surface area contributed by atoms with Crippen LogP contribution in [0.4, 0.5) is 11.4 Å². The first-order valence-corrected chi connectivity index (χ1v) is 6.29. The quantitative estimate of drug-likeness (QED) is 0.452. The van der Waals surface area contributed by atoms with Crippen molar-refractivity contribution >= 4 is 22.8 Å². The van der Waals surface area contributed by atoms with Crippen molar-refractivity contribution in [3.8, 4) is 0 Å². The molecule has 0 atom stereocenters. The van der Waals surface area contributed by atoms with E-state index in [4.69, 9.17) is 0 Å². The second-order valence-electron chi connectivity index (χ2n) is 4.32. The van der Waals surface area contributed by atoms with Gasteiger partial charge in [-0.05, 0) is 24.3 Å². The zero-order chi connectivity index (χ0) is 13.5. The van der Waals surface area contributed by atoms with Crippen LogP contribution in [-0.2, 0) is 0 Å². The fraction of sp³-hybridized carbons (Fsp3) is 0.118. The Morgan fingerprint density at radius 2 is 1.05 bits per heavy atom. The third kappa shape index (κ3) is 5.48. The molecule has 2 rings (SSSR count). The van der Waals surface area contributed by atoms with Gasteiger partial charge in [-0.2, -0.15) is 0 Å². The number of benzene rings is 2. The first-order chi connectivity index (χ1) is 9.24. The number of aliphatic imine (C=N–C) groups is 2. The maximum atomic E-state index is 4.52. The van der Waals surface area contributed by atoms with Crippen molar-refractivity contribution in [2.24, 2.45) is 9.98 Å². The first-order valence-electron chi connectivity index (χ1n) is 6.29. The van der Waals surface area contributed by atoms with Crippen LogP contribution >= 0.6 is 0 Å². The molecule has 0 N–H and O–H groups in total. The van der Waals surface area contributed by atoms with Gasteiger partial charge in [-0.15, -0.1) is 11.4 Å². The van der Waals surface area contributed by atoms with Gasteiger partial charge in [0.05, 0.1) is 11.4 Å². The van der Waals surface area contributed by atoms with Crippen molar-refractivity contribution in [3.05, 3.63) is 67.1 Å². The van der Waals surface area contributed by atoms with Gasteiger partial charge in [0.2, 0.25) is 0 Å². The smallest absolute Gasteiger partial charge is 0.306 e. The van der Waals surface area contributed by atoms with Crippen LogP contribution in [-0.4, -0.2) is 11.4 Å². The molecular formula is C17H17LiN2. The Labute approximate surface area is 132 Å². The molecule has 0 unspecified atom stereocenters. The summed E-state index contributed by atoms with van der Waals surface area (Å²) in [5, 5.41) is 0. The molecule has 0 bridgehead atoms. The van der Waals surface area contributed by atoms with Gasteiger partial charge in [0.1, 0.15) is 0 Å². The Morgan fingerprint density at radius 1 is 0.700 bits per heavy atom. The molecule has 20 heavy (non-hydrogen) atoms. The molecule has 0 aliphatic rings. The summed E-state index contributed by atoms with van der Waals surface area (Å²) in [5.74, 6) is 0. The van der Waals surface area contributed by atoms with E-state index in [0.29, 0.717) is 0 Å². The van der Waals surface area contributed by atoms with Gasteiger partial charge in [-0.3, -0.25) is 9.98 Å². The van der Waals surface area contributed by atoms with Crippen molar-refractivity contribution in [1.29, 1.82) is 0 Å². The minimum atomic E-state index is 0. The van der Waals surface area contributed by atoms with E-state index in [1.807, 2.05) is 80.9 Å². The van der Waals surface area contributed by atoms with Crippen LogP contribution in [0.15, 0.2) is 70.6 Å². The Kier molecular flexibility index (Phi) is 6.87. The van der Waals surface area contributed by atoms with Crippen LogP contribution in [0, 0.1) is 6.42 Å². The average molecular weight is 256 g/mol. The maximum absolute atomic E-state index is 4.52. The maximum Gasteiger partial charge on any atom is 1.00 e. The van der Waals surface area contributed by atoms with E-state index in [9.17, 15) is 0 Å². The van der Waals surface area contributed by atoms with Crippen LogP contribution in [0.2, 0.25) is 0 Å². The van der Waals surface area contributed by atoms with Crippen LogP contribution in [0.5, 0.6) is 0 Å². The summed E-state index contributed by atoms with van der Waals surface area (Å²) >= 11 is 0. The molecule has 0 aliphatic carbocycles. The predicted octanol–water partition coefficient (Wildman–Crippen LogP) is 1.78. The van der Waals surface area contributed by atoms with Crippen LogP contribution in [0.25, 0.3) is 0 Å². The number of hydrogen-bond acceptors (Lipinski definition) is 2. The normalized spacial score (nSPS) is 11.7. The van der Waals surface area contributed by atoms with Crippen molar-refractivity contribution in [2.45, 2.75) is 13.8 Å². The van der Waals surface area contributed by atoms with Gasteiger partial charge in [-0.25, -0.2) is 0 Å². The molecule has 0 amide bonds. The first kappa shape index (κ1) is 16.3. The fourth-order valence-electron chi connectivity index (χ4n) is 1.78. The summed E-state index contributed by atoms with van der Waals surface area (Å²) in [6.45, 7) is 3.97. The van der Waals surface area contributed by atoms with Crippen molar-refractivity contribution in [3.63, 3.8) is 0 Å². The minimum Gasteiger partial charge on any atom is -0.306 e. The third-order valence-corrected chi connectivity index (χ3v) is 2.54. The Morgan fingerprint density at radius 3 is 1.40 bits per heavy atom. The molecule has 0 aromatic heterocycles. The van der Waals surface area contributed by atoms with E-state index in [1.54, 1.807) is 0 Å². The largest absolute Gasteiger partial charge is 1.00 e. The van der Waals surface area contributed by atoms with E-state index < -0.39 is 0 Å². The second-order valence-corrected chi connectivity index (χ2v) is 4.32. The fourth-order valence-corrected chi connectivity index (χ4v) is 1.78. The Bertz CT molecular complexity index is 521. The van der Waals surface area contributed by atoms with Gasteiger partial charge in [-0.1, -0.05) is 50.2 Å². The number of rotatable bonds is 4. The molecule has 0 spiro atoms. The van der Waals surface area contributed by atoms with Crippen LogP contribution in [0.1, 0.15) is 13.8 Å². The molecule has 0 radical (unpaired) electrons. The summed E-state index contributed by atoms with van der Waals surface area (Å²) in [4.78, 5) is 9.04. The van der Waals surface area contributed by atoms with Gasteiger partial charge >= 0.3 is 18.9 Å². The number of hydrogen-bond donors (Lipinski definition) is 0. The SMILES string of the molecule is CC([CH-]C(C)=Nc1ccccc1)=Nc1ccccc1.[Li+]. The van der Waals surface area contributed by atoms with Gasteiger partial charge < -0.3 is 6.42 Å². The molecule has 0 fully saturated rings. The molecule has 0 heterocycles. The zero-order valence-electron chi connectivity index (χ0n) is 12.2. The zero-order valence-corrected chi connectivity index (χ0v) is 12.2. The summed E-state index contributed by atoms with van der Waals surface area (Å²) in [5.41, 5.74) is 3.82. The van der Waals surface area contributed by atoms with E-state index in [0.717, 1.165) is 22.8 Å². The van der Waals surface area contributed by atoms with Crippen molar-refractivity contribution in [1.82, 2.24) is 0 Å². The van der Waals surface area contributed by atoms with Gasteiger partial charge in [0, 0.05) is 0 Å². The molecule has 96 valence electrons. The molecule has 0 saturated heterocycles. The molecule has 0 saturated carbocycles. The molecular weight excluding hydrogens is 239 g/mol. The Balaban J connectivity index is 0.00000200.